The first-order valence-electron chi connectivity index (χ1n) is 10.1. The monoisotopic (exact) mass is 393 g/mol. The number of aryl methyl sites for hydroxylation is 2. The molecule has 4 nitrogen and oxygen atoms in total. The second kappa shape index (κ2) is 8.31. The van der Waals surface area contributed by atoms with Crippen LogP contribution in [0.5, 0.6) is 0 Å². The Bertz CT molecular complexity index is 971. The van der Waals surface area contributed by atoms with E-state index in [1.807, 2.05) is 19.9 Å². The molecule has 0 atom stereocenters. The normalized spacial score (nSPS) is 14.4. The van der Waals surface area contributed by atoms with Gasteiger partial charge in [0.15, 0.2) is 0 Å². The molecule has 2 aromatic heterocycles. The maximum atomic E-state index is 12.6. The first-order chi connectivity index (χ1) is 13.6. The largest absolute Gasteiger partial charge is 0.372 e. The third-order valence-corrected chi connectivity index (χ3v) is 6.71. The summed E-state index contributed by atoms with van der Waals surface area (Å²) >= 11 is 1.48. The molecule has 1 aliphatic heterocycles. The van der Waals surface area contributed by atoms with Crippen LogP contribution in [-0.4, -0.2) is 30.5 Å². The van der Waals surface area contributed by atoms with Crippen LogP contribution in [-0.2, 0) is 6.42 Å². The van der Waals surface area contributed by atoms with Crippen LogP contribution in [0.15, 0.2) is 36.4 Å². The van der Waals surface area contributed by atoms with Gasteiger partial charge in [0.05, 0.1) is 4.88 Å². The SMILES string of the molecule is Cc1ccc2c(C)c(C(=O)NCCc3ccc(N4CCCCC4)cc3)sc2n1. The van der Waals surface area contributed by atoms with Gasteiger partial charge in [-0.15, -0.1) is 11.3 Å². The quantitative estimate of drug-likeness (QED) is 0.672. The van der Waals surface area contributed by atoms with Gasteiger partial charge in [-0.25, -0.2) is 4.98 Å². The highest BCUT2D eigenvalue weighted by molar-refractivity contribution is 7.20. The molecule has 0 bridgehead atoms. The molecule has 146 valence electrons. The lowest BCUT2D eigenvalue weighted by molar-refractivity contribution is 0.0957. The molecule has 1 saturated heterocycles. The number of piperidine rings is 1. The van der Waals surface area contributed by atoms with Crippen molar-refractivity contribution >= 4 is 33.1 Å². The van der Waals surface area contributed by atoms with Crippen molar-refractivity contribution in [3.05, 3.63) is 58.1 Å². The van der Waals surface area contributed by atoms with Crippen LogP contribution in [0.1, 0.15) is 45.8 Å². The van der Waals surface area contributed by atoms with Crippen molar-refractivity contribution in [1.29, 1.82) is 0 Å². The number of pyridine rings is 1. The minimum atomic E-state index is 0.00286. The Morgan fingerprint density at radius 3 is 2.57 bits per heavy atom. The molecule has 3 aromatic rings. The number of thiophene rings is 1. The Kier molecular flexibility index (Phi) is 5.62. The molecule has 4 rings (SSSR count). The first kappa shape index (κ1) is 18.9. The van der Waals surface area contributed by atoms with E-state index >= 15 is 0 Å². The maximum absolute atomic E-state index is 12.6. The molecule has 0 radical (unpaired) electrons. The third-order valence-electron chi connectivity index (χ3n) is 5.51. The smallest absolute Gasteiger partial charge is 0.261 e. The molecule has 0 spiro atoms. The molecular weight excluding hydrogens is 366 g/mol. The fraction of sp³-hybridized carbons (Fsp3) is 0.391. The lowest BCUT2D eigenvalue weighted by atomic mass is 10.1. The molecule has 3 heterocycles. The zero-order valence-corrected chi connectivity index (χ0v) is 17.4. The third kappa shape index (κ3) is 4.04. The summed E-state index contributed by atoms with van der Waals surface area (Å²) in [5.74, 6) is 0.00286. The number of nitrogens with one attached hydrogen (secondary N) is 1. The molecular formula is C23H27N3OS. The highest BCUT2D eigenvalue weighted by Crippen LogP contribution is 2.29. The number of amides is 1. The van der Waals surface area contributed by atoms with Crippen LogP contribution in [0.4, 0.5) is 5.69 Å². The van der Waals surface area contributed by atoms with Crippen LogP contribution >= 0.6 is 11.3 Å². The van der Waals surface area contributed by atoms with Crippen molar-refractivity contribution in [1.82, 2.24) is 10.3 Å². The summed E-state index contributed by atoms with van der Waals surface area (Å²) in [7, 11) is 0. The van der Waals surface area contributed by atoms with Gasteiger partial charge < -0.3 is 10.2 Å². The van der Waals surface area contributed by atoms with E-state index in [1.54, 1.807) is 0 Å². The summed E-state index contributed by atoms with van der Waals surface area (Å²) in [4.78, 5) is 21.4. The van der Waals surface area contributed by atoms with E-state index < -0.39 is 0 Å². The molecule has 0 unspecified atom stereocenters. The van der Waals surface area contributed by atoms with Gasteiger partial charge in [0.2, 0.25) is 0 Å². The predicted molar refractivity (Wildman–Crippen MR) is 118 cm³/mol. The van der Waals surface area contributed by atoms with E-state index in [1.165, 1.54) is 41.9 Å². The summed E-state index contributed by atoms with van der Waals surface area (Å²) in [5, 5.41) is 4.15. The van der Waals surface area contributed by atoms with Crippen LogP contribution in [0.25, 0.3) is 10.2 Å². The molecule has 1 amide bonds. The number of carbonyl (C=O) groups excluding carboxylic acids is 1. The number of hydrogen-bond donors (Lipinski definition) is 1. The maximum Gasteiger partial charge on any atom is 0.261 e. The number of carbonyl (C=O) groups is 1. The molecule has 5 heteroatoms. The summed E-state index contributed by atoms with van der Waals surface area (Å²) in [5.41, 5.74) is 4.58. The molecule has 1 N–H and O–H groups in total. The Morgan fingerprint density at radius 2 is 1.82 bits per heavy atom. The number of anilines is 1. The second-order valence-electron chi connectivity index (χ2n) is 7.58. The topological polar surface area (TPSA) is 45.2 Å². The van der Waals surface area contributed by atoms with Crippen molar-refractivity contribution in [2.75, 3.05) is 24.5 Å². The van der Waals surface area contributed by atoms with Crippen LogP contribution in [0.2, 0.25) is 0 Å². The van der Waals surface area contributed by atoms with Gasteiger partial charge in [0.25, 0.3) is 5.91 Å². The number of nitrogens with zero attached hydrogens (tertiary/aromatic N) is 2. The number of aromatic nitrogens is 1. The number of benzene rings is 1. The second-order valence-corrected chi connectivity index (χ2v) is 8.58. The molecule has 1 aromatic carbocycles. The average molecular weight is 394 g/mol. The molecule has 0 aliphatic carbocycles. The predicted octanol–water partition coefficient (Wildman–Crippen LogP) is 4.88. The van der Waals surface area contributed by atoms with Gasteiger partial charge >= 0.3 is 0 Å². The van der Waals surface area contributed by atoms with Gasteiger partial charge in [-0.05, 0) is 74.9 Å². The van der Waals surface area contributed by atoms with Gasteiger partial charge in [0.1, 0.15) is 4.83 Å². The lowest BCUT2D eigenvalue weighted by Crippen LogP contribution is -2.29. The van der Waals surface area contributed by atoms with E-state index in [0.29, 0.717) is 6.54 Å². The van der Waals surface area contributed by atoms with Crippen molar-refractivity contribution in [3.8, 4) is 0 Å². The number of fused-ring (bicyclic) bond motifs is 1. The minimum Gasteiger partial charge on any atom is -0.372 e. The van der Waals surface area contributed by atoms with Crippen molar-refractivity contribution in [2.24, 2.45) is 0 Å². The molecule has 0 saturated carbocycles. The summed E-state index contributed by atoms with van der Waals surface area (Å²) in [6, 6.07) is 12.9. The Hall–Kier alpha value is -2.40. The number of hydrogen-bond acceptors (Lipinski definition) is 4. The molecule has 1 aliphatic rings. The lowest BCUT2D eigenvalue weighted by Gasteiger charge is -2.28. The van der Waals surface area contributed by atoms with E-state index in [0.717, 1.165) is 45.9 Å². The highest BCUT2D eigenvalue weighted by atomic mass is 32.1. The van der Waals surface area contributed by atoms with Gasteiger partial charge in [-0.3, -0.25) is 4.79 Å². The highest BCUT2D eigenvalue weighted by Gasteiger charge is 2.16. The fourth-order valence-corrected chi connectivity index (χ4v) is 4.98. The van der Waals surface area contributed by atoms with Gasteiger partial charge in [0, 0.05) is 36.4 Å². The standard InChI is InChI=1S/C23H27N3OS/c1-16-6-11-20-17(2)21(28-23(20)25-16)22(27)24-13-12-18-7-9-19(10-8-18)26-14-4-3-5-15-26/h6-11H,3-5,12-15H2,1-2H3,(H,24,27). The van der Waals surface area contributed by atoms with Crippen molar-refractivity contribution < 1.29 is 4.79 Å². The van der Waals surface area contributed by atoms with Gasteiger partial charge in [-0.1, -0.05) is 12.1 Å². The summed E-state index contributed by atoms with van der Waals surface area (Å²) in [6.45, 7) is 6.95. The minimum absolute atomic E-state index is 0.00286. The van der Waals surface area contributed by atoms with Crippen LogP contribution < -0.4 is 10.2 Å². The van der Waals surface area contributed by atoms with Gasteiger partial charge in [-0.2, -0.15) is 0 Å². The van der Waals surface area contributed by atoms with Crippen LogP contribution in [0.3, 0.4) is 0 Å². The van der Waals surface area contributed by atoms with Crippen molar-refractivity contribution in [3.63, 3.8) is 0 Å². The van der Waals surface area contributed by atoms with Crippen LogP contribution in [0, 0.1) is 13.8 Å². The molecule has 1 fully saturated rings. The average Bonchev–Trinajstić information content (AvgIpc) is 3.05. The summed E-state index contributed by atoms with van der Waals surface area (Å²) < 4.78 is 0. The first-order valence-corrected chi connectivity index (χ1v) is 10.9. The van der Waals surface area contributed by atoms with Crippen molar-refractivity contribution in [2.45, 2.75) is 39.5 Å². The number of rotatable bonds is 5. The van der Waals surface area contributed by atoms with E-state index in [4.69, 9.17) is 0 Å². The molecule has 28 heavy (non-hydrogen) atoms. The zero-order valence-electron chi connectivity index (χ0n) is 16.6. The zero-order chi connectivity index (χ0) is 19.5. The Morgan fingerprint density at radius 1 is 1.07 bits per heavy atom. The van der Waals surface area contributed by atoms with E-state index in [2.05, 4.69) is 45.5 Å². The van der Waals surface area contributed by atoms with E-state index in [-0.39, 0.29) is 5.91 Å². The summed E-state index contributed by atoms with van der Waals surface area (Å²) in [6.07, 6.45) is 4.77. The van der Waals surface area contributed by atoms with E-state index in [9.17, 15) is 4.79 Å². The Balaban J connectivity index is 1.34. The fourth-order valence-electron chi connectivity index (χ4n) is 3.83. The Labute approximate surface area is 170 Å².